The number of rotatable bonds is 9. The number of aryl methyl sites for hydroxylation is 1. The van der Waals surface area contributed by atoms with Crippen molar-refractivity contribution >= 4 is 23.5 Å². The molecule has 170 valence electrons. The minimum atomic E-state index is -0.455. The van der Waals surface area contributed by atoms with Crippen LogP contribution in [-0.4, -0.2) is 24.9 Å². The zero-order chi connectivity index (χ0) is 23.6. The Bertz CT molecular complexity index is 1140. The molecule has 0 fully saturated rings. The second-order valence-corrected chi connectivity index (χ2v) is 7.36. The van der Waals surface area contributed by atoms with Crippen LogP contribution in [0.1, 0.15) is 34.8 Å². The first kappa shape index (κ1) is 23.5. The van der Waals surface area contributed by atoms with Crippen molar-refractivity contribution in [1.82, 2.24) is 5.32 Å². The Morgan fingerprint density at radius 2 is 1.64 bits per heavy atom. The third-order valence-electron chi connectivity index (χ3n) is 4.86. The summed E-state index contributed by atoms with van der Waals surface area (Å²) < 4.78 is 10.2. The zero-order valence-electron chi connectivity index (χ0n) is 18.6. The average Bonchev–Trinajstić information content (AvgIpc) is 2.82. The second kappa shape index (κ2) is 11.5. The molecule has 0 aliphatic rings. The van der Waals surface area contributed by atoms with E-state index in [4.69, 9.17) is 9.47 Å². The largest absolute Gasteiger partial charge is 0.497 e. The molecule has 3 aromatic carbocycles. The Hall–Kier alpha value is -4.13. The summed E-state index contributed by atoms with van der Waals surface area (Å²) in [6, 6.07) is 21.3. The Balaban J connectivity index is 1.58. The van der Waals surface area contributed by atoms with E-state index in [1.165, 1.54) is 13.0 Å². The van der Waals surface area contributed by atoms with E-state index in [0.717, 1.165) is 16.9 Å². The van der Waals surface area contributed by atoms with Crippen LogP contribution < -0.4 is 20.1 Å². The molecule has 0 unspecified atom stereocenters. The molecule has 2 N–H and O–H groups in total. The van der Waals surface area contributed by atoms with Gasteiger partial charge in [-0.15, -0.1) is 0 Å². The number of para-hydroxylation sites is 1. The van der Waals surface area contributed by atoms with Crippen molar-refractivity contribution in [2.75, 3.05) is 12.4 Å². The molecular formula is C26H26N2O5. The van der Waals surface area contributed by atoms with Gasteiger partial charge in [0.25, 0.3) is 5.91 Å². The van der Waals surface area contributed by atoms with E-state index >= 15 is 0 Å². The normalized spacial score (nSPS) is 10.2. The lowest BCUT2D eigenvalue weighted by molar-refractivity contribution is -0.131. The third kappa shape index (κ3) is 7.21. The van der Waals surface area contributed by atoms with Crippen molar-refractivity contribution in [2.24, 2.45) is 0 Å². The highest BCUT2D eigenvalue weighted by molar-refractivity contribution is 5.95. The van der Waals surface area contributed by atoms with E-state index < -0.39 is 5.97 Å². The summed E-state index contributed by atoms with van der Waals surface area (Å²) in [5.41, 5.74) is 2.80. The monoisotopic (exact) mass is 446 g/mol. The maximum absolute atomic E-state index is 12.6. The van der Waals surface area contributed by atoms with E-state index in [1.54, 1.807) is 31.4 Å². The molecule has 3 aromatic rings. The lowest BCUT2D eigenvalue weighted by atomic mass is 10.1. The van der Waals surface area contributed by atoms with Crippen LogP contribution in [0.2, 0.25) is 0 Å². The summed E-state index contributed by atoms with van der Waals surface area (Å²) in [4.78, 5) is 36.2. The van der Waals surface area contributed by atoms with Crippen molar-refractivity contribution < 1.29 is 23.9 Å². The summed E-state index contributed by atoms with van der Waals surface area (Å²) in [6.07, 6.45) is 0.900. The molecule has 0 bridgehead atoms. The van der Waals surface area contributed by atoms with Crippen LogP contribution in [0.25, 0.3) is 0 Å². The van der Waals surface area contributed by atoms with Crippen LogP contribution in [-0.2, 0) is 22.6 Å². The predicted molar refractivity (Wildman–Crippen MR) is 125 cm³/mol. The quantitative estimate of drug-likeness (QED) is 0.381. The van der Waals surface area contributed by atoms with Crippen LogP contribution in [0.4, 0.5) is 5.69 Å². The Morgan fingerprint density at radius 3 is 2.42 bits per heavy atom. The van der Waals surface area contributed by atoms with Crippen LogP contribution in [0.5, 0.6) is 11.5 Å². The number of amides is 2. The van der Waals surface area contributed by atoms with Gasteiger partial charge < -0.3 is 20.1 Å². The van der Waals surface area contributed by atoms with Crippen LogP contribution in [0.15, 0.2) is 72.8 Å². The minimum absolute atomic E-state index is 0.120. The number of anilines is 1. The van der Waals surface area contributed by atoms with Crippen molar-refractivity contribution in [3.8, 4) is 11.5 Å². The molecule has 3 rings (SSSR count). The number of carbonyl (C=O) groups is 3. The molecule has 0 saturated carbocycles. The summed E-state index contributed by atoms with van der Waals surface area (Å²) in [6.45, 7) is 1.53. The van der Waals surface area contributed by atoms with Gasteiger partial charge in [0.05, 0.1) is 7.11 Å². The molecule has 0 heterocycles. The van der Waals surface area contributed by atoms with Gasteiger partial charge in [0, 0.05) is 31.1 Å². The number of benzene rings is 3. The van der Waals surface area contributed by atoms with Crippen molar-refractivity contribution in [3.05, 3.63) is 89.5 Å². The fourth-order valence-electron chi connectivity index (χ4n) is 3.24. The molecule has 0 atom stereocenters. The van der Waals surface area contributed by atoms with E-state index in [1.807, 2.05) is 42.5 Å². The van der Waals surface area contributed by atoms with Gasteiger partial charge in [-0.25, -0.2) is 0 Å². The summed E-state index contributed by atoms with van der Waals surface area (Å²) in [5, 5.41) is 5.76. The van der Waals surface area contributed by atoms with Crippen molar-refractivity contribution in [2.45, 2.75) is 26.3 Å². The molecular weight excluding hydrogens is 420 g/mol. The standard InChI is InChI=1S/C26H26N2O5/c1-18(29)33-23-11-6-9-20(16-23)26(31)27-17-21-8-3-4-12-24(21)28-25(30)14-13-19-7-5-10-22(15-19)32-2/h3-12,15-16H,13-14,17H2,1-2H3,(H,27,31)(H,28,30). The maximum atomic E-state index is 12.6. The van der Waals surface area contributed by atoms with Gasteiger partial charge in [-0.05, 0) is 53.9 Å². The number of methoxy groups -OCH3 is 1. The van der Waals surface area contributed by atoms with Gasteiger partial charge in [0.2, 0.25) is 5.91 Å². The van der Waals surface area contributed by atoms with Gasteiger partial charge in [-0.2, -0.15) is 0 Å². The van der Waals surface area contributed by atoms with Crippen LogP contribution >= 0.6 is 0 Å². The topological polar surface area (TPSA) is 93.7 Å². The molecule has 0 spiro atoms. The van der Waals surface area contributed by atoms with Gasteiger partial charge in [-0.3, -0.25) is 14.4 Å². The molecule has 0 aliphatic heterocycles. The van der Waals surface area contributed by atoms with Gasteiger partial charge in [-0.1, -0.05) is 36.4 Å². The predicted octanol–water partition coefficient (Wildman–Crippen LogP) is 4.12. The van der Waals surface area contributed by atoms with Gasteiger partial charge in [0.1, 0.15) is 11.5 Å². The molecule has 0 aliphatic carbocycles. The Kier molecular flexibility index (Phi) is 8.18. The van der Waals surface area contributed by atoms with Crippen LogP contribution in [0.3, 0.4) is 0 Å². The first-order valence-electron chi connectivity index (χ1n) is 10.5. The van der Waals surface area contributed by atoms with E-state index in [-0.39, 0.29) is 18.4 Å². The highest BCUT2D eigenvalue weighted by Crippen LogP contribution is 2.18. The lowest BCUT2D eigenvalue weighted by Gasteiger charge is -2.12. The lowest BCUT2D eigenvalue weighted by Crippen LogP contribution is -2.24. The molecule has 2 amide bonds. The first-order chi connectivity index (χ1) is 15.9. The van der Waals surface area contributed by atoms with E-state index in [2.05, 4.69) is 10.6 Å². The van der Waals surface area contributed by atoms with E-state index in [0.29, 0.717) is 29.8 Å². The molecule has 7 heteroatoms. The first-order valence-corrected chi connectivity index (χ1v) is 10.5. The fourth-order valence-corrected chi connectivity index (χ4v) is 3.24. The number of hydrogen-bond acceptors (Lipinski definition) is 5. The summed E-state index contributed by atoms with van der Waals surface area (Å²) in [5.74, 6) is 0.170. The molecule has 0 saturated heterocycles. The van der Waals surface area contributed by atoms with Crippen LogP contribution in [0, 0.1) is 0 Å². The number of hydrogen-bond donors (Lipinski definition) is 2. The number of nitrogens with one attached hydrogen (secondary N) is 2. The van der Waals surface area contributed by atoms with Crippen molar-refractivity contribution in [3.63, 3.8) is 0 Å². The van der Waals surface area contributed by atoms with E-state index in [9.17, 15) is 14.4 Å². The highest BCUT2D eigenvalue weighted by Gasteiger charge is 2.11. The van der Waals surface area contributed by atoms with Crippen molar-refractivity contribution in [1.29, 1.82) is 0 Å². The molecule has 7 nitrogen and oxygen atoms in total. The molecule has 0 aromatic heterocycles. The summed E-state index contributed by atoms with van der Waals surface area (Å²) >= 11 is 0. The zero-order valence-corrected chi connectivity index (χ0v) is 18.6. The number of esters is 1. The smallest absolute Gasteiger partial charge is 0.308 e. The average molecular weight is 447 g/mol. The molecule has 0 radical (unpaired) electrons. The number of ether oxygens (including phenoxy) is 2. The molecule has 33 heavy (non-hydrogen) atoms. The number of carbonyl (C=O) groups excluding carboxylic acids is 3. The fraction of sp³-hybridized carbons (Fsp3) is 0.192. The minimum Gasteiger partial charge on any atom is -0.497 e. The second-order valence-electron chi connectivity index (χ2n) is 7.36. The SMILES string of the molecule is COc1cccc(CCC(=O)Nc2ccccc2CNC(=O)c2cccc(OC(C)=O)c2)c1. The third-order valence-corrected chi connectivity index (χ3v) is 4.86. The highest BCUT2D eigenvalue weighted by atomic mass is 16.5. The Labute approximate surface area is 192 Å². The summed E-state index contributed by atoms with van der Waals surface area (Å²) in [7, 11) is 1.61. The Morgan fingerprint density at radius 1 is 0.879 bits per heavy atom. The van der Waals surface area contributed by atoms with Gasteiger partial charge in [0.15, 0.2) is 0 Å². The maximum Gasteiger partial charge on any atom is 0.308 e. The van der Waals surface area contributed by atoms with Gasteiger partial charge >= 0.3 is 5.97 Å².